The summed E-state index contributed by atoms with van der Waals surface area (Å²) in [5.74, 6) is 0. The Morgan fingerprint density at radius 3 is 2.19 bits per heavy atom. The number of hydrogen-bond acceptors (Lipinski definition) is 4. The fraction of sp³-hybridized carbons (Fsp3) is 0.500. The molecule has 0 saturated carbocycles. The third kappa shape index (κ3) is 7.07. The van der Waals surface area contributed by atoms with Crippen molar-refractivity contribution >= 4 is 46.6 Å². The Bertz CT molecular complexity index is 299. The van der Waals surface area contributed by atoms with Gasteiger partial charge in [-0.05, 0) is 30.9 Å². The number of nitrogens with zero attached hydrogens (tertiary/aromatic N) is 2. The molecule has 16 heavy (non-hydrogen) atoms. The number of hydrogen-bond donors (Lipinski definition) is 4. The van der Waals surface area contributed by atoms with Crippen molar-refractivity contribution in [2.24, 2.45) is 10.2 Å². The molecular weight excluding hydrogens is 244 g/mol. The van der Waals surface area contributed by atoms with Crippen LogP contribution in [0.15, 0.2) is 10.2 Å². The van der Waals surface area contributed by atoms with Gasteiger partial charge in [-0.1, -0.05) is 6.92 Å². The van der Waals surface area contributed by atoms with Crippen LogP contribution in [0.4, 0.5) is 0 Å². The van der Waals surface area contributed by atoms with Crippen LogP contribution in [0.25, 0.3) is 0 Å². The third-order valence-electron chi connectivity index (χ3n) is 1.50. The van der Waals surface area contributed by atoms with Crippen molar-refractivity contribution in [3.05, 3.63) is 0 Å². The monoisotopic (exact) mass is 260 g/mol. The molecule has 0 aliphatic carbocycles. The van der Waals surface area contributed by atoms with E-state index >= 15 is 0 Å². The Hall–Kier alpha value is -1.28. The molecule has 0 aliphatic rings. The molecule has 0 heterocycles. The third-order valence-corrected chi connectivity index (χ3v) is 2.09. The Kier molecular flexibility index (Phi) is 8.26. The molecular formula is C8H16N6S2. The molecule has 0 aromatic heterocycles. The first kappa shape index (κ1) is 14.7. The van der Waals surface area contributed by atoms with Crippen molar-refractivity contribution < 1.29 is 0 Å². The van der Waals surface area contributed by atoms with E-state index in [4.69, 9.17) is 24.4 Å². The minimum Gasteiger partial charge on any atom is -0.364 e. The Morgan fingerprint density at radius 2 is 1.69 bits per heavy atom. The zero-order valence-electron chi connectivity index (χ0n) is 9.50. The lowest BCUT2D eigenvalue weighted by atomic mass is 10.3. The predicted molar refractivity (Wildman–Crippen MR) is 75.8 cm³/mol. The van der Waals surface area contributed by atoms with E-state index in [-0.39, 0.29) is 0 Å². The van der Waals surface area contributed by atoms with E-state index in [1.54, 1.807) is 20.3 Å². The van der Waals surface area contributed by atoms with E-state index in [2.05, 4.69) is 31.7 Å². The van der Waals surface area contributed by atoms with Crippen molar-refractivity contribution in [1.29, 1.82) is 0 Å². The van der Waals surface area contributed by atoms with Crippen molar-refractivity contribution in [2.45, 2.75) is 13.3 Å². The zero-order valence-corrected chi connectivity index (χ0v) is 11.1. The minimum absolute atomic E-state index is 0.449. The van der Waals surface area contributed by atoms with Crippen LogP contribution in [0.2, 0.25) is 0 Å². The van der Waals surface area contributed by atoms with Gasteiger partial charge in [0.25, 0.3) is 0 Å². The lowest BCUT2D eigenvalue weighted by molar-refractivity contribution is 0.963. The van der Waals surface area contributed by atoms with Gasteiger partial charge in [0, 0.05) is 14.1 Å². The highest BCUT2D eigenvalue weighted by Crippen LogP contribution is 1.81. The Labute approximate surface area is 106 Å². The summed E-state index contributed by atoms with van der Waals surface area (Å²) in [4.78, 5) is 0. The van der Waals surface area contributed by atoms with Gasteiger partial charge < -0.3 is 10.6 Å². The van der Waals surface area contributed by atoms with Gasteiger partial charge in [0.05, 0.1) is 11.9 Å². The summed E-state index contributed by atoms with van der Waals surface area (Å²) < 4.78 is 0. The van der Waals surface area contributed by atoms with Crippen molar-refractivity contribution in [2.75, 3.05) is 14.1 Å². The minimum atomic E-state index is 0.449. The van der Waals surface area contributed by atoms with E-state index in [0.717, 1.165) is 12.1 Å². The summed E-state index contributed by atoms with van der Waals surface area (Å²) in [5, 5.41) is 14.3. The highest BCUT2D eigenvalue weighted by atomic mass is 32.1. The number of hydrazone groups is 2. The van der Waals surface area contributed by atoms with Gasteiger partial charge in [-0.3, -0.25) is 10.9 Å². The number of nitrogens with one attached hydrogen (secondary N) is 4. The molecule has 4 N–H and O–H groups in total. The molecule has 0 saturated heterocycles. The van der Waals surface area contributed by atoms with E-state index < -0.39 is 0 Å². The summed E-state index contributed by atoms with van der Waals surface area (Å²) in [5.41, 5.74) is 6.06. The van der Waals surface area contributed by atoms with Gasteiger partial charge >= 0.3 is 0 Å². The highest BCUT2D eigenvalue weighted by Gasteiger charge is 1.93. The van der Waals surface area contributed by atoms with Gasteiger partial charge in [0.2, 0.25) is 0 Å². The smallest absolute Gasteiger partial charge is 0.186 e. The maximum atomic E-state index is 4.87. The van der Waals surface area contributed by atoms with E-state index in [0.29, 0.717) is 10.2 Å². The van der Waals surface area contributed by atoms with Gasteiger partial charge in [0.1, 0.15) is 0 Å². The van der Waals surface area contributed by atoms with Gasteiger partial charge in [-0.25, -0.2) is 0 Å². The first-order chi connectivity index (χ1) is 7.63. The molecule has 8 heteroatoms. The summed E-state index contributed by atoms with van der Waals surface area (Å²) in [7, 11) is 3.43. The SMILES string of the molecule is CCC(/C=N/NC(=S)NC)=N\NC(=S)NC. The summed E-state index contributed by atoms with van der Waals surface area (Å²) in [6.07, 6.45) is 2.31. The van der Waals surface area contributed by atoms with Gasteiger partial charge in [0.15, 0.2) is 10.2 Å². The molecule has 0 fully saturated rings. The highest BCUT2D eigenvalue weighted by molar-refractivity contribution is 7.80. The van der Waals surface area contributed by atoms with Crippen LogP contribution >= 0.6 is 24.4 Å². The maximum absolute atomic E-state index is 4.87. The lowest BCUT2D eigenvalue weighted by Gasteiger charge is -2.03. The van der Waals surface area contributed by atoms with Crippen LogP contribution in [-0.2, 0) is 0 Å². The van der Waals surface area contributed by atoms with Crippen LogP contribution in [0.3, 0.4) is 0 Å². The fourth-order valence-corrected chi connectivity index (χ4v) is 0.697. The molecule has 0 aliphatic heterocycles. The predicted octanol–water partition coefficient (Wildman–Crippen LogP) is -0.0740. The molecule has 0 rings (SSSR count). The Balaban J connectivity index is 4.18. The van der Waals surface area contributed by atoms with E-state index in [1.165, 1.54) is 0 Å². The van der Waals surface area contributed by atoms with Crippen molar-refractivity contribution in [3.8, 4) is 0 Å². The molecule has 0 radical (unpaired) electrons. The van der Waals surface area contributed by atoms with Crippen LogP contribution in [0, 0.1) is 0 Å². The second kappa shape index (κ2) is 8.98. The standard InChI is InChI=1S/C8H16N6S2/c1-4-6(12-14-8(16)10-3)5-11-13-7(15)9-2/h5H,4H2,1-3H3,(H2,9,13,15)(H2,10,14,16)/b11-5+,12-6+. The first-order valence-electron chi connectivity index (χ1n) is 4.69. The van der Waals surface area contributed by atoms with Crippen LogP contribution in [0.5, 0.6) is 0 Å². The molecule has 0 spiro atoms. The van der Waals surface area contributed by atoms with Crippen LogP contribution in [-0.4, -0.2) is 36.2 Å². The van der Waals surface area contributed by atoms with Crippen LogP contribution < -0.4 is 21.5 Å². The molecule has 0 aromatic rings. The van der Waals surface area contributed by atoms with Crippen molar-refractivity contribution in [3.63, 3.8) is 0 Å². The van der Waals surface area contributed by atoms with E-state index in [9.17, 15) is 0 Å². The molecule has 90 valence electrons. The fourth-order valence-electron chi connectivity index (χ4n) is 0.599. The first-order valence-corrected chi connectivity index (χ1v) is 5.50. The summed E-state index contributed by atoms with van der Waals surface area (Å²) >= 11 is 9.72. The summed E-state index contributed by atoms with van der Waals surface area (Å²) in [6.45, 7) is 1.96. The molecule has 0 atom stereocenters. The Morgan fingerprint density at radius 1 is 1.12 bits per heavy atom. The molecule has 6 nitrogen and oxygen atoms in total. The van der Waals surface area contributed by atoms with E-state index in [1.807, 2.05) is 6.92 Å². The van der Waals surface area contributed by atoms with Gasteiger partial charge in [-0.15, -0.1) is 0 Å². The second-order valence-electron chi connectivity index (χ2n) is 2.60. The number of thiocarbonyl (C=S) groups is 2. The molecule has 0 bridgehead atoms. The largest absolute Gasteiger partial charge is 0.364 e. The maximum Gasteiger partial charge on any atom is 0.186 e. The molecule has 0 aromatic carbocycles. The molecule has 0 unspecified atom stereocenters. The van der Waals surface area contributed by atoms with Crippen LogP contribution in [0.1, 0.15) is 13.3 Å². The number of rotatable bonds is 4. The lowest BCUT2D eigenvalue weighted by Crippen LogP contribution is -2.30. The average molecular weight is 260 g/mol. The quantitative estimate of drug-likeness (QED) is 0.322. The van der Waals surface area contributed by atoms with Gasteiger partial charge in [-0.2, -0.15) is 10.2 Å². The van der Waals surface area contributed by atoms with Crippen molar-refractivity contribution in [1.82, 2.24) is 21.5 Å². The summed E-state index contributed by atoms with van der Waals surface area (Å²) in [6, 6.07) is 0. The topological polar surface area (TPSA) is 72.8 Å². The second-order valence-corrected chi connectivity index (χ2v) is 3.41. The average Bonchev–Trinajstić information content (AvgIpc) is 2.32. The normalized spacial score (nSPS) is 11.1. The zero-order chi connectivity index (χ0) is 12.4. The molecule has 0 amide bonds.